The smallest absolute Gasteiger partial charge is 0.167 e. The monoisotopic (exact) mass is 380 g/mol. The maximum Gasteiger partial charge on any atom is 0.167 e. The molecule has 0 atom stereocenters. The van der Waals surface area contributed by atoms with E-state index in [2.05, 4.69) is 19.1 Å². The maximum atomic E-state index is 13.0. The zero-order valence-corrected chi connectivity index (χ0v) is 16.7. The minimum atomic E-state index is -0.317. The van der Waals surface area contributed by atoms with E-state index >= 15 is 0 Å². The van der Waals surface area contributed by atoms with Crippen LogP contribution in [0.4, 0.5) is 0 Å². The van der Waals surface area contributed by atoms with E-state index in [0.717, 1.165) is 53.5 Å². The van der Waals surface area contributed by atoms with Gasteiger partial charge in [-0.25, -0.2) is 0 Å². The fourth-order valence-electron chi connectivity index (χ4n) is 4.86. The quantitative estimate of drug-likeness (QED) is 0.620. The molecule has 3 heteroatoms. The Kier molecular flexibility index (Phi) is 4.63. The van der Waals surface area contributed by atoms with Gasteiger partial charge in [0.15, 0.2) is 5.78 Å². The Morgan fingerprint density at radius 3 is 2.22 bits per heavy atom. The van der Waals surface area contributed by atoms with Crippen molar-refractivity contribution < 1.29 is 9.90 Å². The SMILES string of the molecule is Cc1cc(C)c(-c2ccc(Cl)cc2)cc1C1=C(O)C2(CCCCC2)CC1=O. The highest BCUT2D eigenvalue weighted by Gasteiger charge is 2.46. The third-order valence-electron chi connectivity index (χ3n) is 6.32. The van der Waals surface area contributed by atoms with Crippen molar-refractivity contribution in [3.05, 3.63) is 63.9 Å². The first-order valence-corrected chi connectivity index (χ1v) is 10.1. The van der Waals surface area contributed by atoms with E-state index in [4.69, 9.17) is 11.6 Å². The number of hydrogen-bond acceptors (Lipinski definition) is 2. The van der Waals surface area contributed by atoms with Crippen LogP contribution in [-0.2, 0) is 4.79 Å². The third kappa shape index (κ3) is 3.10. The molecule has 0 saturated heterocycles. The van der Waals surface area contributed by atoms with Gasteiger partial charge in [0.2, 0.25) is 0 Å². The van der Waals surface area contributed by atoms with Crippen LogP contribution in [0.25, 0.3) is 16.7 Å². The van der Waals surface area contributed by atoms with Crippen molar-refractivity contribution in [3.8, 4) is 11.1 Å². The minimum Gasteiger partial charge on any atom is -0.511 e. The summed E-state index contributed by atoms with van der Waals surface area (Å²) in [6.07, 6.45) is 5.67. The van der Waals surface area contributed by atoms with Gasteiger partial charge in [0.25, 0.3) is 0 Å². The van der Waals surface area contributed by atoms with Crippen molar-refractivity contribution in [3.63, 3.8) is 0 Å². The molecule has 0 unspecified atom stereocenters. The molecule has 1 N–H and O–H groups in total. The Balaban J connectivity index is 1.85. The normalized spacial score (nSPS) is 19.1. The second-order valence-corrected chi connectivity index (χ2v) is 8.59. The molecular weight excluding hydrogens is 356 g/mol. The predicted molar refractivity (Wildman–Crippen MR) is 111 cm³/mol. The van der Waals surface area contributed by atoms with Crippen LogP contribution in [0.3, 0.4) is 0 Å². The molecule has 2 aliphatic carbocycles. The number of halogens is 1. The van der Waals surface area contributed by atoms with Crippen LogP contribution in [0.2, 0.25) is 5.02 Å². The summed E-state index contributed by atoms with van der Waals surface area (Å²) in [5.41, 5.74) is 5.42. The van der Waals surface area contributed by atoms with Crippen LogP contribution in [0, 0.1) is 19.3 Å². The van der Waals surface area contributed by atoms with Gasteiger partial charge in [-0.2, -0.15) is 0 Å². The molecule has 4 rings (SSSR count). The molecule has 2 nitrogen and oxygen atoms in total. The summed E-state index contributed by atoms with van der Waals surface area (Å²) in [7, 11) is 0. The van der Waals surface area contributed by atoms with Gasteiger partial charge >= 0.3 is 0 Å². The minimum absolute atomic E-state index is 0.0865. The van der Waals surface area contributed by atoms with Crippen LogP contribution in [0.5, 0.6) is 0 Å². The molecule has 2 aliphatic rings. The molecule has 0 amide bonds. The molecule has 1 spiro atoms. The Labute approximate surface area is 165 Å². The summed E-state index contributed by atoms with van der Waals surface area (Å²) in [5, 5.41) is 11.8. The summed E-state index contributed by atoms with van der Waals surface area (Å²) in [6.45, 7) is 4.10. The predicted octanol–water partition coefficient (Wildman–Crippen LogP) is 6.82. The van der Waals surface area contributed by atoms with Crippen molar-refractivity contribution in [1.29, 1.82) is 0 Å². The topological polar surface area (TPSA) is 37.3 Å². The molecule has 0 bridgehead atoms. The van der Waals surface area contributed by atoms with Crippen molar-refractivity contribution in [2.75, 3.05) is 0 Å². The van der Waals surface area contributed by atoms with Gasteiger partial charge in [-0.1, -0.05) is 49.1 Å². The number of carbonyl (C=O) groups excluding carboxylic acids is 1. The number of carbonyl (C=O) groups is 1. The summed E-state index contributed by atoms with van der Waals surface area (Å²) in [4.78, 5) is 13.0. The fourth-order valence-corrected chi connectivity index (χ4v) is 4.98. The largest absolute Gasteiger partial charge is 0.511 e. The van der Waals surface area contributed by atoms with Gasteiger partial charge < -0.3 is 5.11 Å². The number of allylic oxidation sites excluding steroid dienone is 2. The molecule has 140 valence electrons. The number of rotatable bonds is 2. The van der Waals surface area contributed by atoms with Crippen LogP contribution in [0.1, 0.15) is 55.2 Å². The summed E-state index contributed by atoms with van der Waals surface area (Å²) in [6, 6.07) is 11.9. The molecule has 0 aliphatic heterocycles. The summed E-state index contributed by atoms with van der Waals surface area (Å²) >= 11 is 6.03. The molecule has 1 saturated carbocycles. The van der Waals surface area contributed by atoms with E-state index in [0.29, 0.717) is 22.8 Å². The van der Waals surface area contributed by atoms with Gasteiger partial charge in [0.1, 0.15) is 5.76 Å². The first-order chi connectivity index (χ1) is 12.9. The van der Waals surface area contributed by atoms with Gasteiger partial charge in [-0.15, -0.1) is 0 Å². The number of hydrogen-bond donors (Lipinski definition) is 1. The Hall–Kier alpha value is -2.06. The molecule has 0 aromatic heterocycles. The van der Waals surface area contributed by atoms with Crippen LogP contribution < -0.4 is 0 Å². The summed E-state index contributed by atoms with van der Waals surface area (Å²) < 4.78 is 0. The first kappa shape index (κ1) is 18.3. The Bertz CT molecular complexity index is 932. The first-order valence-electron chi connectivity index (χ1n) is 9.76. The van der Waals surface area contributed by atoms with E-state index < -0.39 is 0 Å². The van der Waals surface area contributed by atoms with Crippen molar-refractivity contribution in [2.24, 2.45) is 5.41 Å². The molecule has 1 fully saturated rings. The van der Waals surface area contributed by atoms with Crippen molar-refractivity contribution in [2.45, 2.75) is 52.4 Å². The molecule has 0 heterocycles. The molecule has 27 heavy (non-hydrogen) atoms. The average Bonchev–Trinajstić information content (AvgIpc) is 2.87. The highest BCUT2D eigenvalue weighted by Crippen LogP contribution is 2.52. The van der Waals surface area contributed by atoms with Gasteiger partial charge in [-0.05, 0) is 72.7 Å². The average molecular weight is 381 g/mol. The van der Waals surface area contributed by atoms with E-state index in [1.165, 1.54) is 6.42 Å². The third-order valence-corrected chi connectivity index (χ3v) is 6.58. The fraction of sp³-hybridized carbons (Fsp3) is 0.375. The lowest BCUT2D eigenvalue weighted by molar-refractivity contribution is -0.114. The van der Waals surface area contributed by atoms with Crippen LogP contribution in [0.15, 0.2) is 42.2 Å². The lowest BCUT2D eigenvalue weighted by Crippen LogP contribution is -2.24. The van der Waals surface area contributed by atoms with Gasteiger partial charge in [0.05, 0.1) is 5.57 Å². The molecule has 2 aromatic rings. The van der Waals surface area contributed by atoms with Gasteiger partial charge in [-0.3, -0.25) is 4.79 Å². The van der Waals surface area contributed by atoms with E-state index in [9.17, 15) is 9.90 Å². The Morgan fingerprint density at radius 1 is 0.926 bits per heavy atom. The second-order valence-electron chi connectivity index (χ2n) is 8.15. The Morgan fingerprint density at radius 2 is 1.56 bits per heavy atom. The lowest BCUT2D eigenvalue weighted by Gasteiger charge is -2.32. The highest BCUT2D eigenvalue weighted by molar-refractivity contribution is 6.30. The van der Waals surface area contributed by atoms with Crippen molar-refractivity contribution >= 4 is 23.0 Å². The van der Waals surface area contributed by atoms with Gasteiger partial charge in [0, 0.05) is 16.9 Å². The van der Waals surface area contributed by atoms with E-state index in [1.807, 2.05) is 31.2 Å². The van der Waals surface area contributed by atoms with Crippen LogP contribution >= 0.6 is 11.6 Å². The molecule has 2 aromatic carbocycles. The second kappa shape index (κ2) is 6.83. The zero-order valence-electron chi connectivity index (χ0n) is 15.9. The highest BCUT2D eigenvalue weighted by atomic mass is 35.5. The van der Waals surface area contributed by atoms with E-state index in [-0.39, 0.29) is 11.2 Å². The van der Waals surface area contributed by atoms with Crippen LogP contribution in [-0.4, -0.2) is 10.9 Å². The number of benzene rings is 2. The molecular formula is C24H25ClO2. The number of aryl methyl sites for hydroxylation is 2. The summed E-state index contributed by atoms with van der Waals surface area (Å²) in [5.74, 6) is 0.421. The molecule has 0 radical (unpaired) electrons. The zero-order chi connectivity index (χ0) is 19.2. The number of aliphatic hydroxyl groups is 1. The number of ketones is 1. The lowest BCUT2D eigenvalue weighted by atomic mass is 9.72. The number of Topliss-reactive ketones (excluding diaryl/α,β-unsaturated/α-hetero) is 1. The number of aliphatic hydroxyl groups excluding tert-OH is 1. The maximum absolute atomic E-state index is 13.0. The van der Waals surface area contributed by atoms with E-state index in [1.54, 1.807) is 0 Å². The van der Waals surface area contributed by atoms with Crippen molar-refractivity contribution in [1.82, 2.24) is 0 Å². The standard InChI is InChI=1S/C24H25ClO2/c1-15-12-16(2)20(13-19(15)17-6-8-18(25)9-7-17)22-21(26)14-24(23(22)27)10-4-3-5-11-24/h6-9,12-13,27H,3-5,10-11,14H2,1-2H3.